The van der Waals surface area contributed by atoms with Gasteiger partial charge in [-0.1, -0.05) is 0 Å². The number of alkyl halides is 3. The third-order valence-electron chi connectivity index (χ3n) is 1.99. The first-order valence-corrected chi connectivity index (χ1v) is 5.20. The number of carbonyl (C=O) groups is 1. The quantitative estimate of drug-likeness (QED) is 0.523. The molecule has 0 heterocycles. The van der Waals surface area contributed by atoms with E-state index in [-0.39, 0.29) is 17.9 Å². The molecule has 0 aromatic heterocycles. The van der Waals surface area contributed by atoms with Gasteiger partial charge in [-0.3, -0.25) is 0 Å². The topological polar surface area (TPSA) is 61.5 Å². The zero-order valence-corrected chi connectivity index (χ0v) is 9.88. The van der Waals surface area contributed by atoms with Crippen LogP contribution >= 0.6 is 0 Å². The molecule has 4 nitrogen and oxygen atoms in total. The van der Waals surface area contributed by atoms with Crippen LogP contribution < -0.4 is 10.5 Å². The molecule has 0 aliphatic carbocycles. The van der Waals surface area contributed by atoms with Gasteiger partial charge in [-0.25, -0.2) is 9.18 Å². The van der Waals surface area contributed by atoms with Crippen molar-refractivity contribution in [2.75, 3.05) is 18.9 Å². The predicted octanol–water partition coefficient (Wildman–Crippen LogP) is 2.53. The summed E-state index contributed by atoms with van der Waals surface area (Å²) in [6.07, 6.45) is -4.61. The van der Waals surface area contributed by atoms with Gasteiger partial charge >= 0.3 is 12.1 Å². The first kappa shape index (κ1) is 15.1. The normalized spacial score (nSPS) is 11.2. The van der Waals surface area contributed by atoms with Crippen LogP contribution in [0.15, 0.2) is 12.1 Å². The van der Waals surface area contributed by atoms with Crippen LogP contribution in [0.2, 0.25) is 0 Å². The second kappa shape index (κ2) is 5.77. The molecule has 19 heavy (non-hydrogen) atoms. The summed E-state index contributed by atoms with van der Waals surface area (Å²) < 4.78 is 58.1. The average Bonchev–Trinajstić information content (AvgIpc) is 2.26. The molecule has 0 aliphatic rings. The van der Waals surface area contributed by atoms with E-state index in [1.165, 1.54) is 0 Å². The lowest BCUT2D eigenvalue weighted by molar-refractivity contribution is -0.153. The number of carbonyl (C=O) groups excluding carboxylic acids is 1. The van der Waals surface area contributed by atoms with Crippen molar-refractivity contribution in [3.63, 3.8) is 0 Å². The summed E-state index contributed by atoms with van der Waals surface area (Å²) >= 11 is 0. The third kappa shape index (κ3) is 4.31. The lowest BCUT2D eigenvalue weighted by Crippen LogP contribution is -2.20. The van der Waals surface area contributed by atoms with Crippen molar-refractivity contribution in [1.29, 1.82) is 0 Å². The summed E-state index contributed by atoms with van der Waals surface area (Å²) in [6.45, 7) is -0.0802. The minimum Gasteiger partial charge on any atom is -0.481 e. The number of halogens is 4. The number of rotatable bonds is 4. The fraction of sp³-hybridized carbons (Fsp3) is 0.364. The van der Waals surface area contributed by atoms with Crippen molar-refractivity contribution < 1.29 is 31.8 Å². The van der Waals surface area contributed by atoms with Crippen molar-refractivity contribution >= 4 is 11.7 Å². The zero-order chi connectivity index (χ0) is 14.6. The van der Waals surface area contributed by atoms with E-state index < -0.39 is 30.3 Å². The Morgan fingerprint density at radius 1 is 1.37 bits per heavy atom. The van der Waals surface area contributed by atoms with Crippen molar-refractivity contribution in [2.24, 2.45) is 0 Å². The highest BCUT2D eigenvalue weighted by Gasteiger charge is 2.29. The number of hydrogen-bond donors (Lipinski definition) is 1. The van der Waals surface area contributed by atoms with Crippen LogP contribution in [0.1, 0.15) is 17.3 Å². The molecule has 0 atom stereocenters. The highest BCUT2D eigenvalue weighted by Crippen LogP contribution is 2.26. The van der Waals surface area contributed by atoms with Crippen LogP contribution in [0.5, 0.6) is 5.75 Å². The average molecular weight is 281 g/mol. The molecule has 8 heteroatoms. The highest BCUT2D eigenvalue weighted by atomic mass is 19.4. The molecule has 0 amide bonds. The Labute approximate surface area is 106 Å². The van der Waals surface area contributed by atoms with E-state index in [0.717, 1.165) is 6.07 Å². The fourth-order valence-corrected chi connectivity index (χ4v) is 1.22. The number of anilines is 1. The Balaban J connectivity index is 2.99. The first-order chi connectivity index (χ1) is 8.74. The molecule has 0 spiro atoms. The highest BCUT2D eigenvalue weighted by molar-refractivity contribution is 5.95. The van der Waals surface area contributed by atoms with Gasteiger partial charge in [-0.2, -0.15) is 13.2 Å². The van der Waals surface area contributed by atoms with Gasteiger partial charge in [0.05, 0.1) is 12.2 Å². The molecular formula is C11H11F4NO3. The third-order valence-corrected chi connectivity index (χ3v) is 1.99. The summed E-state index contributed by atoms with van der Waals surface area (Å²) in [5.74, 6) is -2.67. The molecule has 1 aromatic rings. The lowest BCUT2D eigenvalue weighted by Gasteiger charge is -2.12. The van der Waals surface area contributed by atoms with E-state index in [0.29, 0.717) is 6.07 Å². The number of ether oxygens (including phenoxy) is 2. The van der Waals surface area contributed by atoms with Crippen LogP contribution in [0.4, 0.5) is 23.2 Å². The Kier molecular flexibility index (Phi) is 4.57. The van der Waals surface area contributed by atoms with Gasteiger partial charge in [-0.05, 0) is 13.0 Å². The van der Waals surface area contributed by atoms with Gasteiger partial charge in [0.2, 0.25) is 0 Å². The van der Waals surface area contributed by atoms with Crippen molar-refractivity contribution in [2.45, 2.75) is 13.1 Å². The smallest absolute Gasteiger partial charge is 0.422 e. The molecule has 0 saturated carbocycles. The summed E-state index contributed by atoms with van der Waals surface area (Å²) in [7, 11) is 0. The number of hydrogen-bond acceptors (Lipinski definition) is 4. The van der Waals surface area contributed by atoms with Gasteiger partial charge < -0.3 is 15.2 Å². The van der Waals surface area contributed by atoms with E-state index in [1.54, 1.807) is 6.92 Å². The number of nitrogen functional groups attached to an aromatic ring is 1. The number of benzene rings is 1. The Bertz CT molecular complexity index is 474. The minimum absolute atomic E-state index is 0.0500. The monoisotopic (exact) mass is 281 g/mol. The second-order valence-electron chi connectivity index (χ2n) is 3.49. The Hall–Kier alpha value is -1.99. The van der Waals surface area contributed by atoms with Crippen LogP contribution in [-0.4, -0.2) is 25.4 Å². The van der Waals surface area contributed by atoms with Gasteiger partial charge in [0.25, 0.3) is 0 Å². The Morgan fingerprint density at radius 3 is 2.53 bits per heavy atom. The molecule has 1 aromatic carbocycles. The summed E-state index contributed by atoms with van der Waals surface area (Å²) in [5.41, 5.74) is 4.89. The van der Waals surface area contributed by atoms with Crippen molar-refractivity contribution in [3.8, 4) is 5.75 Å². The molecule has 0 aliphatic heterocycles. The van der Waals surface area contributed by atoms with Crippen LogP contribution in [-0.2, 0) is 4.74 Å². The molecule has 106 valence electrons. The number of nitrogens with two attached hydrogens (primary N) is 1. The Morgan fingerprint density at radius 2 is 2.00 bits per heavy atom. The van der Waals surface area contributed by atoms with E-state index in [4.69, 9.17) is 5.73 Å². The maximum Gasteiger partial charge on any atom is 0.422 e. The summed E-state index contributed by atoms with van der Waals surface area (Å²) in [4.78, 5) is 11.4. The van der Waals surface area contributed by atoms with Gasteiger partial charge in [-0.15, -0.1) is 0 Å². The van der Waals surface area contributed by atoms with Crippen LogP contribution in [0.25, 0.3) is 0 Å². The van der Waals surface area contributed by atoms with E-state index in [2.05, 4.69) is 9.47 Å². The fourth-order valence-electron chi connectivity index (χ4n) is 1.22. The van der Waals surface area contributed by atoms with E-state index in [9.17, 15) is 22.4 Å². The maximum atomic E-state index is 13.3. The van der Waals surface area contributed by atoms with Gasteiger partial charge in [0, 0.05) is 11.8 Å². The SMILES string of the molecule is CCOC(=O)c1cc(OCC(F)(F)F)c(F)cc1N. The maximum absolute atomic E-state index is 13.3. The molecule has 0 radical (unpaired) electrons. The molecular weight excluding hydrogens is 270 g/mol. The van der Waals surface area contributed by atoms with Gasteiger partial charge in [0.1, 0.15) is 0 Å². The van der Waals surface area contributed by atoms with Gasteiger partial charge in [0.15, 0.2) is 18.2 Å². The van der Waals surface area contributed by atoms with E-state index in [1.807, 2.05) is 0 Å². The van der Waals surface area contributed by atoms with E-state index >= 15 is 0 Å². The molecule has 2 N–H and O–H groups in total. The summed E-state index contributed by atoms with van der Waals surface area (Å²) in [6, 6.07) is 1.49. The number of esters is 1. The lowest BCUT2D eigenvalue weighted by atomic mass is 10.1. The van der Waals surface area contributed by atoms with Crippen molar-refractivity contribution in [3.05, 3.63) is 23.5 Å². The minimum atomic E-state index is -4.61. The molecule has 0 saturated heterocycles. The zero-order valence-electron chi connectivity index (χ0n) is 9.88. The van der Waals surface area contributed by atoms with Crippen LogP contribution in [0.3, 0.4) is 0 Å². The largest absolute Gasteiger partial charge is 0.481 e. The second-order valence-corrected chi connectivity index (χ2v) is 3.49. The molecule has 0 unspecified atom stereocenters. The molecule has 0 fully saturated rings. The predicted molar refractivity (Wildman–Crippen MR) is 58.3 cm³/mol. The van der Waals surface area contributed by atoms with Crippen LogP contribution in [0, 0.1) is 5.82 Å². The first-order valence-electron chi connectivity index (χ1n) is 5.20. The standard InChI is InChI=1S/C11H11F4NO3/c1-2-18-10(17)6-3-9(7(12)4-8(6)16)19-5-11(13,14)15/h3-4H,2,5,16H2,1H3. The molecule has 0 bridgehead atoms. The van der Waals surface area contributed by atoms with Crippen molar-refractivity contribution in [1.82, 2.24) is 0 Å². The molecule has 1 rings (SSSR count). The summed E-state index contributed by atoms with van der Waals surface area (Å²) in [5, 5.41) is 0.